The van der Waals surface area contributed by atoms with E-state index in [-0.39, 0.29) is 25.3 Å². The van der Waals surface area contributed by atoms with Crippen LogP contribution in [-0.2, 0) is 24.4 Å². The maximum atomic E-state index is 12.2. The third-order valence-electron chi connectivity index (χ3n) is 3.58. The van der Waals surface area contributed by atoms with Gasteiger partial charge in [0.1, 0.15) is 11.6 Å². The Morgan fingerprint density at radius 1 is 1.32 bits per heavy atom. The number of aromatic nitrogens is 2. The van der Waals surface area contributed by atoms with Crippen LogP contribution in [0.5, 0.6) is 0 Å². The van der Waals surface area contributed by atoms with Crippen LogP contribution in [0.2, 0.25) is 5.02 Å². The fraction of sp³-hybridized carbons (Fsp3) is 0.353. The standard InChI is InChI=1S/C17H18ClN3O4/c1-2-20-8-13(7-19)16(23)21(17(20)24)9-15(22)11-25-10-12-3-5-14(18)6-4-12/h3-6,8,15,22H,2,9-11H2,1H3. The zero-order valence-electron chi connectivity index (χ0n) is 13.7. The van der Waals surface area contributed by atoms with E-state index in [0.29, 0.717) is 11.6 Å². The van der Waals surface area contributed by atoms with Gasteiger partial charge in [-0.2, -0.15) is 5.26 Å². The van der Waals surface area contributed by atoms with Gasteiger partial charge in [-0.05, 0) is 24.6 Å². The van der Waals surface area contributed by atoms with E-state index >= 15 is 0 Å². The topological polar surface area (TPSA) is 97.2 Å². The summed E-state index contributed by atoms with van der Waals surface area (Å²) in [5.74, 6) is 0. The highest BCUT2D eigenvalue weighted by Gasteiger charge is 2.14. The van der Waals surface area contributed by atoms with Gasteiger partial charge in [-0.25, -0.2) is 4.79 Å². The Kier molecular flexibility index (Phi) is 6.53. The zero-order chi connectivity index (χ0) is 18.4. The van der Waals surface area contributed by atoms with Gasteiger partial charge in [0.2, 0.25) is 0 Å². The Morgan fingerprint density at radius 3 is 2.60 bits per heavy atom. The van der Waals surface area contributed by atoms with E-state index in [1.807, 2.05) is 0 Å². The largest absolute Gasteiger partial charge is 0.389 e. The number of benzene rings is 1. The molecule has 8 heteroatoms. The second kappa shape index (κ2) is 8.62. The van der Waals surface area contributed by atoms with Crippen LogP contribution in [0.3, 0.4) is 0 Å². The molecule has 2 rings (SSSR count). The minimum atomic E-state index is -1.06. The van der Waals surface area contributed by atoms with E-state index in [1.54, 1.807) is 37.3 Å². The molecule has 25 heavy (non-hydrogen) atoms. The smallest absolute Gasteiger partial charge is 0.331 e. The lowest BCUT2D eigenvalue weighted by Gasteiger charge is -2.14. The van der Waals surface area contributed by atoms with Gasteiger partial charge in [0.05, 0.1) is 25.9 Å². The van der Waals surface area contributed by atoms with Crippen LogP contribution >= 0.6 is 11.6 Å². The molecule has 0 aliphatic carbocycles. The first-order valence-corrected chi connectivity index (χ1v) is 8.08. The number of hydrogen-bond acceptors (Lipinski definition) is 5. The van der Waals surface area contributed by atoms with Gasteiger partial charge in [0.25, 0.3) is 5.56 Å². The molecule has 1 aromatic carbocycles. The van der Waals surface area contributed by atoms with Crippen LogP contribution in [0.4, 0.5) is 0 Å². The van der Waals surface area contributed by atoms with Gasteiger partial charge >= 0.3 is 5.69 Å². The number of aliphatic hydroxyl groups is 1. The predicted molar refractivity (Wildman–Crippen MR) is 92.5 cm³/mol. The molecule has 0 spiro atoms. The lowest BCUT2D eigenvalue weighted by Crippen LogP contribution is -2.43. The molecular formula is C17H18ClN3O4. The van der Waals surface area contributed by atoms with Crippen molar-refractivity contribution in [3.8, 4) is 6.07 Å². The molecule has 132 valence electrons. The van der Waals surface area contributed by atoms with Gasteiger partial charge in [-0.3, -0.25) is 13.9 Å². The summed E-state index contributed by atoms with van der Waals surface area (Å²) in [4.78, 5) is 24.3. The molecular weight excluding hydrogens is 346 g/mol. The number of hydrogen-bond donors (Lipinski definition) is 1. The SMILES string of the molecule is CCn1cc(C#N)c(=O)n(CC(O)COCc2ccc(Cl)cc2)c1=O. The normalized spacial score (nSPS) is 11.9. The average molecular weight is 364 g/mol. The summed E-state index contributed by atoms with van der Waals surface area (Å²) in [6, 6.07) is 8.83. The molecule has 0 radical (unpaired) electrons. The monoisotopic (exact) mass is 363 g/mol. The Morgan fingerprint density at radius 2 is 2.00 bits per heavy atom. The molecule has 1 heterocycles. The first-order valence-electron chi connectivity index (χ1n) is 7.71. The van der Waals surface area contributed by atoms with Gasteiger partial charge in [-0.1, -0.05) is 23.7 Å². The molecule has 1 aromatic heterocycles. The first-order chi connectivity index (χ1) is 12.0. The lowest BCUT2D eigenvalue weighted by molar-refractivity contribution is 0.0191. The van der Waals surface area contributed by atoms with Gasteiger partial charge in [0.15, 0.2) is 0 Å². The van der Waals surface area contributed by atoms with Crippen LogP contribution in [0.1, 0.15) is 18.1 Å². The first kappa shape index (κ1) is 18.9. The van der Waals surface area contributed by atoms with Crippen LogP contribution < -0.4 is 11.2 Å². The summed E-state index contributed by atoms with van der Waals surface area (Å²) >= 11 is 5.80. The fourth-order valence-electron chi connectivity index (χ4n) is 2.27. The minimum Gasteiger partial charge on any atom is -0.389 e. The summed E-state index contributed by atoms with van der Waals surface area (Å²) in [5.41, 5.74) is -0.540. The van der Waals surface area contributed by atoms with Crippen LogP contribution in [-0.4, -0.2) is 27.0 Å². The van der Waals surface area contributed by atoms with E-state index in [9.17, 15) is 14.7 Å². The van der Waals surface area contributed by atoms with Crippen LogP contribution in [0.25, 0.3) is 0 Å². The number of ether oxygens (including phenoxy) is 1. The van der Waals surface area contributed by atoms with Gasteiger partial charge in [0, 0.05) is 17.8 Å². The second-order valence-corrected chi connectivity index (χ2v) is 5.87. The summed E-state index contributed by atoms with van der Waals surface area (Å²) in [6.07, 6.45) is 0.168. The molecule has 0 amide bonds. The van der Waals surface area contributed by atoms with Crippen molar-refractivity contribution in [3.63, 3.8) is 0 Å². The molecule has 0 bridgehead atoms. The average Bonchev–Trinajstić information content (AvgIpc) is 2.60. The Bertz CT molecular complexity index is 881. The van der Waals surface area contributed by atoms with Crippen molar-refractivity contribution in [1.29, 1.82) is 5.26 Å². The molecule has 1 unspecified atom stereocenters. The van der Waals surface area contributed by atoms with Crippen molar-refractivity contribution in [1.82, 2.24) is 9.13 Å². The highest BCUT2D eigenvalue weighted by molar-refractivity contribution is 6.30. The van der Waals surface area contributed by atoms with Crippen molar-refractivity contribution < 1.29 is 9.84 Å². The highest BCUT2D eigenvalue weighted by Crippen LogP contribution is 2.10. The summed E-state index contributed by atoms with van der Waals surface area (Å²) in [7, 11) is 0. The van der Waals surface area contributed by atoms with E-state index in [2.05, 4.69) is 0 Å². The predicted octanol–water partition coefficient (Wildman–Crippen LogP) is 1.13. The van der Waals surface area contributed by atoms with E-state index in [0.717, 1.165) is 10.1 Å². The third-order valence-corrected chi connectivity index (χ3v) is 3.84. The number of nitrogens with zero attached hydrogens (tertiary/aromatic N) is 3. The van der Waals surface area contributed by atoms with Gasteiger partial charge < -0.3 is 9.84 Å². The van der Waals surface area contributed by atoms with Crippen molar-refractivity contribution in [2.45, 2.75) is 32.7 Å². The number of aliphatic hydroxyl groups excluding tert-OH is 1. The molecule has 0 aliphatic heterocycles. The van der Waals surface area contributed by atoms with Crippen LogP contribution in [0.15, 0.2) is 40.1 Å². The van der Waals surface area contributed by atoms with E-state index < -0.39 is 17.4 Å². The Hall–Kier alpha value is -2.40. The Balaban J connectivity index is 2.04. The fourth-order valence-corrected chi connectivity index (χ4v) is 2.40. The molecule has 2 aromatic rings. The van der Waals surface area contributed by atoms with Crippen molar-refractivity contribution >= 4 is 11.6 Å². The Labute approximate surface area is 149 Å². The summed E-state index contributed by atoms with van der Waals surface area (Å²) in [5, 5.41) is 19.7. The maximum Gasteiger partial charge on any atom is 0.331 e. The van der Waals surface area contributed by atoms with Crippen molar-refractivity contribution in [3.05, 3.63) is 67.4 Å². The second-order valence-electron chi connectivity index (χ2n) is 5.43. The molecule has 0 saturated carbocycles. The summed E-state index contributed by atoms with van der Waals surface area (Å²) < 4.78 is 7.51. The lowest BCUT2D eigenvalue weighted by atomic mass is 10.2. The van der Waals surface area contributed by atoms with Crippen molar-refractivity contribution in [2.24, 2.45) is 0 Å². The number of nitriles is 1. The molecule has 0 saturated heterocycles. The molecule has 1 N–H and O–H groups in total. The van der Waals surface area contributed by atoms with Gasteiger partial charge in [-0.15, -0.1) is 0 Å². The molecule has 0 fully saturated rings. The van der Waals surface area contributed by atoms with E-state index in [4.69, 9.17) is 21.6 Å². The maximum absolute atomic E-state index is 12.2. The molecule has 7 nitrogen and oxygen atoms in total. The van der Waals surface area contributed by atoms with Crippen molar-refractivity contribution in [2.75, 3.05) is 6.61 Å². The molecule has 1 atom stereocenters. The molecule has 0 aliphatic rings. The third kappa shape index (κ3) is 4.79. The number of rotatable bonds is 7. The van der Waals surface area contributed by atoms with Crippen LogP contribution in [0, 0.1) is 11.3 Å². The summed E-state index contributed by atoms with van der Waals surface area (Å²) in [6.45, 7) is 2.01. The number of aryl methyl sites for hydroxylation is 1. The minimum absolute atomic E-state index is 0.0581. The zero-order valence-corrected chi connectivity index (χ0v) is 14.4. The highest BCUT2D eigenvalue weighted by atomic mass is 35.5. The quantitative estimate of drug-likeness (QED) is 0.795. The van der Waals surface area contributed by atoms with E-state index in [1.165, 1.54) is 10.8 Å². The number of halogens is 1.